The highest BCUT2D eigenvalue weighted by atomic mass is 35.5. The minimum atomic E-state index is -0.461. The van der Waals surface area contributed by atoms with Crippen LogP contribution in [0, 0.1) is 5.82 Å². The number of hydrogen-bond acceptors (Lipinski definition) is 4. The molecule has 1 N–H and O–H groups in total. The molecule has 0 saturated carbocycles. The van der Waals surface area contributed by atoms with Gasteiger partial charge in [-0.2, -0.15) is 0 Å². The Labute approximate surface area is 166 Å². The van der Waals surface area contributed by atoms with Gasteiger partial charge in [-0.15, -0.1) is 0 Å². The third-order valence-electron chi connectivity index (χ3n) is 4.53. The molecule has 1 aliphatic heterocycles. The van der Waals surface area contributed by atoms with E-state index in [9.17, 15) is 9.18 Å². The van der Waals surface area contributed by atoms with Crippen molar-refractivity contribution in [2.75, 3.05) is 36.5 Å². The van der Waals surface area contributed by atoms with Crippen molar-refractivity contribution in [3.63, 3.8) is 0 Å². The van der Waals surface area contributed by atoms with Crippen LogP contribution >= 0.6 is 11.6 Å². The molecule has 7 heteroatoms. The van der Waals surface area contributed by atoms with Crippen molar-refractivity contribution in [2.45, 2.75) is 0 Å². The van der Waals surface area contributed by atoms with E-state index >= 15 is 0 Å². The number of benzene rings is 2. The quantitative estimate of drug-likeness (QED) is 0.681. The average molecular weight is 401 g/mol. The number of rotatable bonds is 4. The van der Waals surface area contributed by atoms with Gasteiger partial charge in [-0.05, 0) is 42.5 Å². The second-order valence-corrected chi connectivity index (χ2v) is 6.77. The largest absolute Gasteiger partial charge is 0.451 e. The van der Waals surface area contributed by atoms with E-state index < -0.39 is 11.7 Å². The van der Waals surface area contributed by atoms with Gasteiger partial charge in [-0.25, -0.2) is 4.39 Å². The monoisotopic (exact) mass is 400 g/mol. The third-order valence-corrected chi connectivity index (χ3v) is 4.86. The zero-order valence-corrected chi connectivity index (χ0v) is 15.7. The Bertz CT molecular complexity index is 999. The summed E-state index contributed by atoms with van der Waals surface area (Å²) in [6.07, 6.45) is 0. The van der Waals surface area contributed by atoms with Crippen molar-refractivity contribution in [3.8, 4) is 11.3 Å². The minimum absolute atomic E-state index is 0.118. The second-order valence-electron chi connectivity index (χ2n) is 6.36. The van der Waals surface area contributed by atoms with E-state index in [1.54, 1.807) is 30.3 Å². The van der Waals surface area contributed by atoms with Crippen molar-refractivity contribution in [3.05, 3.63) is 71.2 Å². The molecule has 1 aliphatic rings. The Morgan fingerprint density at radius 1 is 1.07 bits per heavy atom. The number of morpholine rings is 1. The molecule has 28 heavy (non-hydrogen) atoms. The fourth-order valence-corrected chi connectivity index (χ4v) is 3.33. The van der Waals surface area contributed by atoms with E-state index in [1.165, 1.54) is 6.07 Å². The van der Waals surface area contributed by atoms with Crippen LogP contribution in [0.25, 0.3) is 11.3 Å². The van der Waals surface area contributed by atoms with Crippen LogP contribution in [0.2, 0.25) is 5.02 Å². The Morgan fingerprint density at radius 2 is 1.86 bits per heavy atom. The summed E-state index contributed by atoms with van der Waals surface area (Å²) in [4.78, 5) is 14.4. The maximum absolute atomic E-state index is 14.5. The molecule has 0 aliphatic carbocycles. The maximum Gasteiger partial charge on any atom is 0.291 e. The van der Waals surface area contributed by atoms with E-state index in [1.807, 2.05) is 23.1 Å². The molecule has 3 aromatic rings. The second kappa shape index (κ2) is 8.04. The zero-order valence-electron chi connectivity index (χ0n) is 15.0. The van der Waals surface area contributed by atoms with Crippen molar-refractivity contribution in [2.24, 2.45) is 0 Å². The molecular weight excluding hydrogens is 383 g/mol. The van der Waals surface area contributed by atoms with Crippen LogP contribution in [0.5, 0.6) is 0 Å². The van der Waals surface area contributed by atoms with Gasteiger partial charge in [0.25, 0.3) is 5.91 Å². The van der Waals surface area contributed by atoms with Gasteiger partial charge in [-0.3, -0.25) is 4.79 Å². The number of nitrogens with one attached hydrogen (secondary N) is 1. The molecule has 1 amide bonds. The Morgan fingerprint density at radius 3 is 2.61 bits per heavy atom. The van der Waals surface area contributed by atoms with Crippen LogP contribution < -0.4 is 10.2 Å². The number of carbonyl (C=O) groups excluding carboxylic acids is 1. The van der Waals surface area contributed by atoms with E-state index in [0.717, 1.165) is 0 Å². The topological polar surface area (TPSA) is 54.7 Å². The molecule has 2 heterocycles. The highest BCUT2D eigenvalue weighted by Crippen LogP contribution is 2.29. The molecule has 1 saturated heterocycles. The molecular formula is C21H18ClFN2O3. The minimum Gasteiger partial charge on any atom is -0.451 e. The SMILES string of the molecule is O=C(Nc1ccc(N2CCOCC2)c(F)c1)c1ccc(-c2ccccc2Cl)o1. The molecule has 2 aromatic carbocycles. The van der Waals surface area contributed by atoms with Crippen LogP contribution in [0.3, 0.4) is 0 Å². The van der Waals surface area contributed by atoms with E-state index in [0.29, 0.717) is 54.0 Å². The normalized spacial score (nSPS) is 14.1. The standard InChI is InChI=1S/C21H18ClFN2O3/c22-16-4-2-1-3-15(16)19-7-8-20(28-19)21(26)24-14-5-6-18(17(23)13-14)25-9-11-27-12-10-25/h1-8,13H,9-12H2,(H,24,26). The number of hydrogen-bond donors (Lipinski definition) is 1. The molecule has 1 fully saturated rings. The lowest BCUT2D eigenvalue weighted by atomic mass is 10.2. The van der Waals surface area contributed by atoms with Gasteiger partial charge in [0.2, 0.25) is 0 Å². The van der Waals surface area contributed by atoms with Crippen molar-refractivity contribution in [1.29, 1.82) is 0 Å². The summed E-state index contributed by atoms with van der Waals surface area (Å²) in [7, 11) is 0. The van der Waals surface area contributed by atoms with Crippen LogP contribution in [0.4, 0.5) is 15.8 Å². The first kappa shape index (κ1) is 18.5. The summed E-state index contributed by atoms with van der Waals surface area (Å²) in [6, 6.07) is 15.1. The molecule has 4 rings (SSSR count). The van der Waals surface area contributed by atoms with Crippen molar-refractivity contribution in [1.82, 2.24) is 0 Å². The Hall–Kier alpha value is -2.83. The number of ether oxygens (including phenoxy) is 1. The van der Waals surface area contributed by atoms with Gasteiger partial charge in [0.15, 0.2) is 5.76 Å². The first-order valence-electron chi connectivity index (χ1n) is 8.90. The lowest BCUT2D eigenvalue weighted by Gasteiger charge is -2.29. The molecule has 1 aromatic heterocycles. The van der Waals surface area contributed by atoms with Gasteiger partial charge in [0.1, 0.15) is 11.6 Å². The van der Waals surface area contributed by atoms with Gasteiger partial charge >= 0.3 is 0 Å². The van der Waals surface area contributed by atoms with Gasteiger partial charge in [0, 0.05) is 24.3 Å². The number of nitrogens with zero attached hydrogens (tertiary/aromatic N) is 1. The molecule has 0 spiro atoms. The van der Waals surface area contributed by atoms with Crippen LogP contribution in [0.1, 0.15) is 10.6 Å². The first-order chi connectivity index (χ1) is 13.6. The number of amides is 1. The highest BCUT2D eigenvalue weighted by molar-refractivity contribution is 6.33. The Kier molecular flexibility index (Phi) is 5.32. The fourth-order valence-electron chi connectivity index (χ4n) is 3.10. The average Bonchev–Trinajstić information content (AvgIpc) is 3.19. The number of furan rings is 1. The summed E-state index contributed by atoms with van der Waals surface area (Å²) < 4.78 is 25.4. The third kappa shape index (κ3) is 3.88. The summed E-state index contributed by atoms with van der Waals surface area (Å²) in [6.45, 7) is 2.42. The molecule has 0 unspecified atom stereocenters. The lowest BCUT2D eigenvalue weighted by molar-refractivity contribution is 0.0997. The van der Waals surface area contributed by atoms with Crippen LogP contribution in [-0.4, -0.2) is 32.2 Å². The summed E-state index contributed by atoms with van der Waals surface area (Å²) >= 11 is 6.16. The fraction of sp³-hybridized carbons (Fsp3) is 0.190. The number of halogens is 2. The van der Waals surface area contributed by atoms with Gasteiger partial charge in [0.05, 0.1) is 23.9 Å². The molecule has 144 valence electrons. The number of carbonyl (C=O) groups is 1. The molecule has 0 bridgehead atoms. The zero-order chi connectivity index (χ0) is 19.5. The van der Waals surface area contributed by atoms with E-state index in [2.05, 4.69) is 5.32 Å². The van der Waals surface area contributed by atoms with Crippen molar-refractivity contribution >= 4 is 28.9 Å². The van der Waals surface area contributed by atoms with Gasteiger partial charge < -0.3 is 19.4 Å². The predicted octanol–water partition coefficient (Wildman–Crippen LogP) is 4.83. The smallest absolute Gasteiger partial charge is 0.291 e. The summed E-state index contributed by atoms with van der Waals surface area (Å²) in [5.74, 6) is -0.245. The first-order valence-corrected chi connectivity index (χ1v) is 9.28. The number of anilines is 2. The maximum atomic E-state index is 14.5. The van der Waals surface area contributed by atoms with E-state index in [4.69, 9.17) is 20.8 Å². The predicted molar refractivity (Wildman–Crippen MR) is 107 cm³/mol. The molecule has 0 radical (unpaired) electrons. The summed E-state index contributed by atoms with van der Waals surface area (Å²) in [5.41, 5.74) is 1.56. The summed E-state index contributed by atoms with van der Waals surface area (Å²) in [5, 5.41) is 3.19. The van der Waals surface area contributed by atoms with Crippen LogP contribution in [-0.2, 0) is 4.74 Å². The van der Waals surface area contributed by atoms with Crippen molar-refractivity contribution < 1.29 is 18.3 Å². The van der Waals surface area contributed by atoms with E-state index in [-0.39, 0.29) is 5.76 Å². The molecule has 5 nitrogen and oxygen atoms in total. The Balaban J connectivity index is 1.48. The lowest BCUT2D eigenvalue weighted by Crippen LogP contribution is -2.36. The van der Waals surface area contributed by atoms with Crippen LogP contribution in [0.15, 0.2) is 59.0 Å². The molecule has 0 atom stereocenters. The van der Waals surface area contributed by atoms with Gasteiger partial charge in [-0.1, -0.05) is 23.7 Å². The highest BCUT2D eigenvalue weighted by Gasteiger charge is 2.17.